The van der Waals surface area contributed by atoms with Gasteiger partial charge >= 0.3 is 5.97 Å². The summed E-state index contributed by atoms with van der Waals surface area (Å²) in [6.07, 6.45) is 5.85. The molecule has 1 unspecified atom stereocenters. The van der Waals surface area contributed by atoms with Gasteiger partial charge < -0.3 is 15.0 Å². The van der Waals surface area contributed by atoms with Crippen LogP contribution in [0.4, 0.5) is 5.00 Å². The molecule has 150 valence electrons. The molecule has 5 nitrogen and oxygen atoms in total. The number of anilines is 1. The Morgan fingerprint density at radius 1 is 1.19 bits per heavy atom. The zero-order valence-corrected chi connectivity index (χ0v) is 17.6. The van der Waals surface area contributed by atoms with Gasteiger partial charge in [0.05, 0.1) is 12.2 Å². The molecule has 3 rings (SSSR count). The number of thiophene rings is 1. The van der Waals surface area contributed by atoms with Crippen molar-refractivity contribution in [3.63, 3.8) is 0 Å². The molecule has 0 spiro atoms. The minimum absolute atomic E-state index is 0.00850. The Kier molecular flexibility index (Phi) is 6.93. The number of ether oxygens (including phenoxy) is 1. The van der Waals surface area contributed by atoms with Crippen molar-refractivity contribution in [1.82, 2.24) is 4.90 Å². The number of carbonyl (C=O) groups is 2. The molecule has 0 bridgehead atoms. The second-order valence-electron chi connectivity index (χ2n) is 8.10. The fraction of sp³-hybridized carbons (Fsp3) is 0.714. The summed E-state index contributed by atoms with van der Waals surface area (Å²) in [5, 5.41) is 3.71. The zero-order valence-electron chi connectivity index (χ0n) is 16.8. The van der Waals surface area contributed by atoms with Crippen molar-refractivity contribution in [2.24, 2.45) is 11.8 Å². The van der Waals surface area contributed by atoms with E-state index in [4.69, 9.17) is 4.74 Å². The third-order valence-corrected chi connectivity index (χ3v) is 6.95. The average Bonchev–Trinajstić information content (AvgIpc) is 2.98. The van der Waals surface area contributed by atoms with Gasteiger partial charge in [-0.05, 0) is 69.5 Å². The number of hydrogen-bond donors (Lipinski definition) is 1. The van der Waals surface area contributed by atoms with Crippen LogP contribution in [-0.4, -0.2) is 43.0 Å². The molecule has 1 atom stereocenters. The van der Waals surface area contributed by atoms with E-state index in [0.717, 1.165) is 50.4 Å². The van der Waals surface area contributed by atoms with Gasteiger partial charge in [-0.1, -0.05) is 13.8 Å². The highest BCUT2D eigenvalue weighted by Gasteiger charge is 2.29. The van der Waals surface area contributed by atoms with Gasteiger partial charge in [0.25, 0.3) is 0 Å². The van der Waals surface area contributed by atoms with E-state index >= 15 is 0 Å². The number of rotatable bonds is 6. The fourth-order valence-electron chi connectivity index (χ4n) is 3.99. The van der Waals surface area contributed by atoms with Crippen molar-refractivity contribution in [3.8, 4) is 0 Å². The number of piperidine rings is 1. The van der Waals surface area contributed by atoms with E-state index in [9.17, 15) is 9.59 Å². The third kappa shape index (κ3) is 5.11. The van der Waals surface area contributed by atoms with Crippen molar-refractivity contribution >= 4 is 28.2 Å². The molecule has 27 heavy (non-hydrogen) atoms. The number of carbonyl (C=O) groups excluding carboxylic acids is 2. The van der Waals surface area contributed by atoms with E-state index in [1.54, 1.807) is 11.3 Å². The molecular weight excluding hydrogens is 360 g/mol. The second-order valence-corrected chi connectivity index (χ2v) is 9.20. The molecule has 2 aliphatic rings. The van der Waals surface area contributed by atoms with Crippen molar-refractivity contribution < 1.29 is 14.3 Å². The molecular formula is C21H32N2O3S. The summed E-state index contributed by atoms with van der Waals surface area (Å²) >= 11 is 1.56. The molecule has 1 amide bonds. The maximum atomic E-state index is 12.5. The molecule has 1 fully saturated rings. The summed E-state index contributed by atoms with van der Waals surface area (Å²) in [7, 11) is 0. The first-order chi connectivity index (χ1) is 13.0. The number of esters is 1. The molecule has 1 aromatic rings. The van der Waals surface area contributed by atoms with E-state index in [1.807, 2.05) is 6.92 Å². The van der Waals surface area contributed by atoms with Gasteiger partial charge in [-0.3, -0.25) is 4.79 Å². The Balaban J connectivity index is 1.66. The lowest BCUT2D eigenvalue weighted by molar-refractivity contribution is -0.116. The predicted octanol–water partition coefficient (Wildman–Crippen LogP) is 4.11. The van der Waals surface area contributed by atoms with E-state index < -0.39 is 0 Å². The van der Waals surface area contributed by atoms with E-state index in [-0.39, 0.29) is 11.9 Å². The maximum absolute atomic E-state index is 12.5. The first kappa shape index (κ1) is 20.3. The van der Waals surface area contributed by atoms with Crippen molar-refractivity contribution in [3.05, 3.63) is 16.0 Å². The van der Waals surface area contributed by atoms with Crippen LogP contribution in [0.2, 0.25) is 0 Å². The molecule has 2 heterocycles. The summed E-state index contributed by atoms with van der Waals surface area (Å²) in [6, 6.07) is 0. The second kappa shape index (κ2) is 9.20. The molecule has 1 aromatic heterocycles. The molecule has 0 saturated carbocycles. The van der Waals surface area contributed by atoms with Gasteiger partial charge in [0.1, 0.15) is 5.00 Å². The SMILES string of the molecule is CCOC(=O)c1c(NC(=O)CCN2CCC(C)CC2)sc2c1CCC(C)C2. The molecule has 1 aliphatic heterocycles. The first-order valence-electron chi connectivity index (χ1n) is 10.3. The number of nitrogens with zero attached hydrogens (tertiary/aromatic N) is 1. The highest BCUT2D eigenvalue weighted by molar-refractivity contribution is 7.17. The van der Waals surface area contributed by atoms with Crippen molar-refractivity contribution in [2.75, 3.05) is 31.6 Å². The minimum Gasteiger partial charge on any atom is -0.462 e. The number of likely N-dealkylation sites (tertiary alicyclic amines) is 1. The number of nitrogens with one attached hydrogen (secondary N) is 1. The standard InChI is InChI=1S/C21H32N2O3S/c1-4-26-21(25)19-16-6-5-15(3)13-17(16)27-20(19)22-18(24)9-12-23-10-7-14(2)8-11-23/h14-15H,4-13H2,1-3H3,(H,22,24). The van der Waals surface area contributed by atoms with Crippen LogP contribution >= 0.6 is 11.3 Å². The predicted molar refractivity (Wildman–Crippen MR) is 110 cm³/mol. The molecule has 1 N–H and O–H groups in total. The maximum Gasteiger partial charge on any atom is 0.341 e. The lowest BCUT2D eigenvalue weighted by atomic mass is 9.88. The number of hydrogen-bond acceptors (Lipinski definition) is 5. The van der Waals surface area contributed by atoms with Crippen LogP contribution in [-0.2, 0) is 22.4 Å². The molecule has 0 radical (unpaired) electrons. The first-order valence-corrected chi connectivity index (χ1v) is 11.1. The Labute approximate surface area is 166 Å². The molecule has 1 aliphatic carbocycles. The average molecular weight is 393 g/mol. The molecule has 6 heteroatoms. The van der Waals surface area contributed by atoms with Crippen LogP contribution < -0.4 is 5.32 Å². The summed E-state index contributed by atoms with van der Waals surface area (Å²) in [5.41, 5.74) is 1.70. The van der Waals surface area contributed by atoms with Gasteiger partial charge in [0.2, 0.25) is 5.91 Å². The van der Waals surface area contributed by atoms with Crippen LogP contribution in [0.15, 0.2) is 0 Å². The highest BCUT2D eigenvalue weighted by atomic mass is 32.1. The lowest BCUT2D eigenvalue weighted by Gasteiger charge is -2.29. The summed E-state index contributed by atoms with van der Waals surface area (Å²) in [6.45, 7) is 9.64. The quantitative estimate of drug-likeness (QED) is 0.740. The summed E-state index contributed by atoms with van der Waals surface area (Å²) < 4.78 is 5.27. The molecule has 1 saturated heterocycles. The van der Waals surface area contributed by atoms with Gasteiger partial charge in [-0.15, -0.1) is 11.3 Å². The Bertz CT molecular complexity index is 677. The third-order valence-electron chi connectivity index (χ3n) is 5.78. The van der Waals surface area contributed by atoms with Gasteiger partial charge in [-0.25, -0.2) is 4.79 Å². The Morgan fingerprint density at radius 2 is 1.93 bits per heavy atom. The van der Waals surface area contributed by atoms with E-state index in [0.29, 0.717) is 29.5 Å². The van der Waals surface area contributed by atoms with Gasteiger partial charge in [0, 0.05) is 17.8 Å². The van der Waals surface area contributed by atoms with E-state index in [1.165, 1.54) is 17.7 Å². The van der Waals surface area contributed by atoms with Crippen LogP contribution in [0.25, 0.3) is 0 Å². The van der Waals surface area contributed by atoms with Gasteiger partial charge in [-0.2, -0.15) is 0 Å². The largest absolute Gasteiger partial charge is 0.462 e. The minimum atomic E-state index is -0.301. The normalized spacial score (nSPS) is 20.9. The lowest BCUT2D eigenvalue weighted by Crippen LogP contribution is -2.35. The highest BCUT2D eigenvalue weighted by Crippen LogP contribution is 2.40. The Morgan fingerprint density at radius 3 is 2.63 bits per heavy atom. The number of amides is 1. The van der Waals surface area contributed by atoms with Crippen LogP contribution in [0.5, 0.6) is 0 Å². The molecule has 0 aromatic carbocycles. The number of fused-ring (bicyclic) bond motifs is 1. The fourth-order valence-corrected chi connectivity index (χ4v) is 5.41. The van der Waals surface area contributed by atoms with Crippen molar-refractivity contribution in [1.29, 1.82) is 0 Å². The summed E-state index contributed by atoms with van der Waals surface area (Å²) in [5.74, 6) is 1.11. The van der Waals surface area contributed by atoms with Crippen LogP contribution in [0.3, 0.4) is 0 Å². The monoisotopic (exact) mass is 392 g/mol. The van der Waals surface area contributed by atoms with Crippen LogP contribution in [0.1, 0.15) is 67.3 Å². The van der Waals surface area contributed by atoms with Crippen LogP contribution in [0, 0.1) is 11.8 Å². The van der Waals surface area contributed by atoms with Gasteiger partial charge in [0.15, 0.2) is 0 Å². The summed E-state index contributed by atoms with van der Waals surface area (Å²) in [4.78, 5) is 28.7. The smallest absolute Gasteiger partial charge is 0.341 e. The van der Waals surface area contributed by atoms with E-state index in [2.05, 4.69) is 24.1 Å². The van der Waals surface area contributed by atoms with Crippen molar-refractivity contribution in [2.45, 2.75) is 59.3 Å². The zero-order chi connectivity index (χ0) is 19.4. The Hall–Kier alpha value is -1.40. The topological polar surface area (TPSA) is 58.6 Å².